The third-order valence-corrected chi connectivity index (χ3v) is 5.67. The fourth-order valence-electron chi connectivity index (χ4n) is 4.01. The Kier molecular flexibility index (Phi) is 4.97. The molecular weight excluding hydrogens is 338 g/mol. The lowest BCUT2D eigenvalue weighted by Gasteiger charge is -2.35. The Morgan fingerprint density at radius 2 is 2.07 bits per heavy atom. The van der Waals surface area contributed by atoms with Crippen LogP contribution in [-0.2, 0) is 0 Å². The summed E-state index contributed by atoms with van der Waals surface area (Å²) in [5.41, 5.74) is 7.86. The van der Waals surface area contributed by atoms with Gasteiger partial charge in [-0.3, -0.25) is 0 Å². The fraction of sp³-hybridized carbons (Fsp3) is 0.476. The predicted molar refractivity (Wildman–Crippen MR) is 107 cm³/mol. The van der Waals surface area contributed by atoms with Crippen molar-refractivity contribution in [1.29, 1.82) is 0 Å². The largest absolute Gasteiger partial charge is 0.477 e. The Hall–Kier alpha value is -2.63. The Morgan fingerprint density at radius 1 is 1.22 bits per heavy atom. The molecule has 4 rings (SSSR count). The van der Waals surface area contributed by atoms with Gasteiger partial charge in [-0.15, -0.1) is 0 Å². The van der Waals surface area contributed by atoms with E-state index in [0.29, 0.717) is 17.8 Å². The third-order valence-electron chi connectivity index (χ3n) is 5.67. The second-order valence-electron chi connectivity index (χ2n) is 7.78. The van der Waals surface area contributed by atoms with Crippen LogP contribution in [0.2, 0.25) is 0 Å². The SMILES string of the molecule is Cc1cccc(OCC2CC(CCC(C)n3ccc4c(N)ncnc43)C2)n1. The summed E-state index contributed by atoms with van der Waals surface area (Å²) in [6, 6.07) is 8.33. The third kappa shape index (κ3) is 3.89. The Morgan fingerprint density at radius 3 is 2.89 bits per heavy atom. The highest BCUT2D eigenvalue weighted by Crippen LogP contribution is 2.38. The number of ether oxygens (including phenoxy) is 1. The summed E-state index contributed by atoms with van der Waals surface area (Å²) >= 11 is 0. The van der Waals surface area contributed by atoms with Gasteiger partial charge >= 0.3 is 0 Å². The number of hydrogen-bond acceptors (Lipinski definition) is 5. The van der Waals surface area contributed by atoms with Gasteiger partial charge in [0.25, 0.3) is 0 Å². The molecule has 1 aliphatic rings. The molecular formula is C21H27N5O. The smallest absolute Gasteiger partial charge is 0.213 e. The second-order valence-corrected chi connectivity index (χ2v) is 7.78. The van der Waals surface area contributed by atoms with Crippen LogP contribution in [0.25, 0.3) is 11.0 Å². The molecule has 0 amide bonds. The van der Waals surface area contributed by atoms with Crippen molar-refractivity contribution in [3.05, 3.63) is 42.5 Å². The lowest BCUT2D eigenvalue weighted by molar-refractivity contribution is 0.108. The average molecular weight is 365 g/mol. The zero-order valence-corrected chi connectivity index (χ0v) is 16.0. The number of aromatic nitrogens is 4. The van der Waals surface area contributed by atoms with Gasteiger partial charge in [-0.25, -0.2) is 15.0 Å². The second kappa shape index (κ2) is 7.55. The lowest BCUT2D eigenvalue weighted by atomic mass is 9.73. The minimum atomic E-state index is 0.406. The van der Waals surface area contributed by atoms with E-state index in [-0.39, 0.29) is 0 Å². The normalized spacial score (nSPS) is 20.4. The Labute approximate surface area is 159 Å². The number of nitrogen functional groups attached to an aromatic ring is 1. The van der Waals surface area contributed by atoms with Gasteiger partial charge in [-0.2, -0.15) is 0 Å². The zero-order chi connectivity index (χ0) is 18.8. The van der Waals surface area contributed by atoms with Crippen molar-refractivity contribution in [3.8, 4) is 5.88 Å². The van der Waals surface area contributed by atoms with E-state index in [9.17, 15) is 0 Å². The fourth-order valence-corrected chi connectivity index (χ4v) is 4.01. The molecule has 6 nitrogen and oxygen atoms in total. The number of aryl methyl sites for hydroxylation is 1. The highest BCUT2D eigenvalue weighted by atomic mass is 16.5. The monoisotopic (exact) mass is 365 g/mol. The number of fused-ring (bicyclic) bond motifs is 1. The molecule has 1 fully saturated rings. The molecule has 1 unspecified atom stereocenters. The van der Waals surface area contributed by atoms with E-state index in [1.54, 1.807) is 6.33 Å². The van der Waals surface area contributed by atoms with E-state index in [2.05, 4.69) is 32.6 Å². The van der Waals surface area contributed by atoms with Crippen LogP contribution in [0.4, 0.5) is 5.82 Å². The molecule has 0 bridgehead atoms. The number of pyridine rings is 1. The minimum Gasteiger partial charge on any atom is -0.477 e. The van der Waals surface area contributed by atoms with E-state index in [4.69, 9.17) is 10.5 Å². The van der Waals surface area contributed by atoms with E-state index < -0.39 is 0 Å². The van der Waals surface area contributed by atoms with Gasteiger partial charge < -0.3 is 15.0 Å². The van der Waals surface area contributed by atoms with Crippen LogP contribution in [0.1, 0.15) is 44.3 Å². The molecule has 6 heteroatoms. The first-order valence-electron chi connectivity index (χ1n) is 9.73. The lowest BCUT2D eigenvalue weighted by Crippen LogP contribution is -2.29. The molecule has 0 aliphatic heterocycles. The summed E-state index contributed by atoms with van der Waals surface area (Å²) < 4.78 is 8.06. The molecule has 142 valence electrons. The van der Waals surface area contributed by atoms with E-state index >= 15 is 0 Å². The summed E-state index contributed by atoms with van der Waals surface area (Å²) in [5.74, 6) is 2.75. The number of anilines is 1. The average Bonchev–Trinajstić information content (AvgIpc) is 3.05. The van der Waals surface area contributed by atoms with E-state index in [1.807, 2.05) is 31.2 Å². The maximum absolute atomic E-state index is 5.94. The van der Waals surface area contributed by atoms with E-state index in [1.165, 1.54) is 19.3 Å². The first-order chi connectivity index (χ1) is 13.1. The summed E-state index contributed by atoms with van der Waals surface area (Å²) in [7, 11) is 0. The molecule has 0 radical (unpaired) electrons. The molecule has 3 heterocycles. The minimum absolute atomic E-state index is 0.406. The van der Waals surface area contributed by atoms with Gasteiger partial charge in [0.1, 0.15) is 17.8 Å². The highest BCUT2D eigenvalue weighted by Gasteiger charge is 2.29. The molecule has 0 aromatic carbocycles. The van der Waals surface area contributed by atoms with Crippen LogP contribution in [0, 0.1) is 18.8 Å². The summed E-state index contributed by atoms with van der Waals surface area (Å²) in [6.45, 7) is 5.02. The highest BCUT2D eigenvalue weighted by molar-refractivity contribution is 5.86. The van der Waals surface area contributed by atoms with Crippen molar-refractivity contribution in [1.82, 2.24) is 19.5 Å². The van der Waals surface area contributed by atoms with Crippen LogP contribution >= 0.6 is 0 Å². The van der Waals surface area contributed by atoms with Gasteiger partial charge in [-0.05, 0) is 63.5 Å². The number of hydrogen-bond donors (Lipinski definition) is 1. The van der Waals surface area contributed by atoms with Crippen molar-refractivity contribution in [2.24, 2.45) is 11.8 Å². The Balaban J connectivity index is 1.23. The molecule has 2 N–H and O–H groups in total. The number of nitrogens with zero attached hydrogens (tertiary/aromatic N) is 4. The predicted octanol–water partition coefficient (Wildman–Crippen LogP) is 4.16. The Bertz CT molecular complexity index is 916. The van der Waals surface area contributed by atoms with Crippen LogP contribution < -0.4 is 10.5 Å². The molecule has 1 aliphatic carbocycles. The topological polar surface area (TPSA) is 78.9 Å². The maximum Gasteiger partial charge on any atom is 0.213 e. The molecule has 3 aromatic rings. The summed E-state index contributed by atoms with van der Waals surface area (Å²) in [4.78, 5) is 12.9. The molecule has 0 spiro atoms. The standard InChI is InChI=1S/C21H27N5O/c1-14-4-3-5-19(25-14)27-12-17-10-16(11-17)7-6-15(2)26-9-8-18-20(22)23-13-24-21(18)26/h3-5,8-9,13,15-17H,6-7,10-12H2,1-2H3,(H2,22,23,24). The van der Waals surface area contributed by atoms with Crippen LogP contribution in [0.3, 0.4) is 0 Å². The van der Waals surface area contributed by atoms with Gasteiger partial charge in [0.2, 0.25) is 5.88 Å². The zero-order valence-electron chi connectivity index (χ0n) is 16.0. The van der Waals surface area contributed by atoms with Crippen LogP contribution in [-0.4, -0.2) is 26.1 Å². The summed E-state index contributed by atoms with van der Waals surface area (Å²) in [5, 5.41) is 0.940. The molecule has 0 saturated heterocycles. The number of rotatable bonds is 7. The van der Waals surface area contributed by atoms with Crippen molar-refractivity contribution in [3.63, 3.8) is 0 Å². The maximum atomic E-state index is 5.94. The van der Waals surface area contributed by atoms with Gasteiger partial charge in [0.05, 0.1) is 12.0 Å². The van der Waals surface area contributed by atoms with Crippen molar-refractivity contribution in [2.75, 3.05) is 12.3 Å². The van der Waals surface area contributed by atoms with E-state index in [0.717, 1.165) is 41.6 Å². The van der Waals surface area contributed by atoms with Crippen molar-refractivity contribution >= 4 is 16.9 Å². The molecule has 1 saturated carbocycles. The van der Waals surface area contributed by atoms with Crippen LogP contribution in [0.15, 0.2) is 36.8 Å². The first-order valence-corrected chi connectivity index (χ1v) is 9.73. The number of nitrogens with two attached hydrogens (primary N) is 1. The molecule has 1 atom stereocenters. The van der Waals surface area contributed by atoms with Gasteiger partial charge in [0.15, 0.2) is 0 Å². The quantitative estimate of drug-likeness (QED) is 0.680. The summed E-state index contributed by atoms with van der Waals surface area (Å²) in [6.07, 6.45) is 8.50. The van der Waals surface area contributed by atoms with Crippen LogP contribution in [0.5, 0.6) is 5.88 Å². The molecule has 3 aromatic heterocycles. The van der Waals surface area contributed by atoms with Gasteiger partial charge in [-0.1, -0.05) is 6.07 Å². The van der Waals surface area contributed by atoms with Crippen molar-refractivity contribution < 1.29 is 4.74 Å². The molecule has 27 heavy (non-hydrogen) atoms. The van der Waals surface area contributed by atoms with Crippen molar-refractivity contribution in [2.45, 2.75) is 45.6 Å². The first kappa shape index (κ1) is 17.8. The van der Waals surface area contributed by atoms with Gasteiger partial charge in [0, 0.05) is 24.0 Å².